The minimum Gasteiger partial charge on any atom is -0.271 e. The van der Waals surface area contributed by atoms with E-state index in [4.69, 9.17) is 5.84 Å². The quantitative estimate of drug-likeness (QED) is 0.637. The average Bonchev–Trinajstić information content (AvgIpc) is 2.45. The monoisotopic (exact) mass is 336 g/mol. The second kappa shape index (κ2) is 6.97. The second-order valence-electron chi connectivity index (χ2n) is 4.73. The zero-order chi connectivity index (χ0) is 14.5. The first kappa shape index (κ1) is 15.2. The van der Waals surface area contributed by atoms with Gasteiger partial charge in [-0.05, 0) is 29.7 Å². The Hall–Kier alpha value is -1.23. The molecule has 1 unspecified atom stereocenters. The molecule has 2 aromatic carbocycles. The Morgan fingerprint density at radius 1 is 1.20 bits per heavy atom. The molecule has 0 aliphatic rings. The highest BCUT2D eigenvalue weighted by atomic mass is 79.9. The molecular formula is C16H18BrFN2. The highest BCUT2D eigenvalue weighted by Crippen LogP contribution is 2.30. The molecule has 0 heterocycles. The lowest BCUT2D eigenvalue weighted by Crippen LogP contribution is -2.29. The molecule has 0 amide bonds. The SMILES string of the molecule is CCCc1ccc(C(NN)c2c(F)cccc2Br)cc1. The maximum Gasteiger partial charge on any atom is 0.129 e. The maximum absolute atomic E-state index is 14.0. The third kappa shape index (κ3) is 3.26. The molecule has 0 radical (unpaired) electrons. The van der Waals surface area contributed by atoms with Crippen LogP contribution in [0.4, 0.5) is 4.39 Å². The van der Waals surface area contributed by atoms with E-state index in [0.29, 0.717) is 10.0 Å². The molecule has 0 fully saturated rings. The minimum absolute atomic E-state index is 0.278. The van der Waals surface area contributed by atoms with Crippen molar-refractivity contribution in [2.75, 3.05) is 0 Å². The van der Waals surface area contributed by atoms with E-state index < -0.39 is 0 Å². The normalized spacial score (nSPS) is 12.4. The summed E-state index contributed by atoms with van der Waals surface area (Å²) in [5.74, 6) is 5.36. The first-order valence-electron chi connectivity index (χ1n) is 6.66. The number of benzene rings is 2. The van der Waals surface area contributed by atoms with Crippen LogP contribution in [0.5, 0.6) is 0 Å². The van der Waals surface area contributed by atoms with E-state index in [1.807, 2.05) is 18.2 Å². The van der Waals surface area contributed by atoms with Crippen LogP contribution in [-0.2, 0) is 6.42 Å². The van der Waals surface area contributed by atoms with Crippen molar-refractivity contribution in [1.82, 2.24) is 5.43 Å². The molecule has 0 saturated carbocycles. The van der Waals surface area contributed by atoms with Crippen LogP contribution in [0, 0.1) is 5.82 Å². The fourth-order valence-corrected chi connectivity index (χ4v) is 2.87. The van der Waals surface area contributed by atoms with Crippen molar-refractivity contribution in [2.45, 2.75) is 25.8 Å². The van der Waals surface area contributed by atoms with E-state index in [1.54, 1.807) is 6.07 Å². The van der Waals surface area contributed by atoms with Gasteiger partial charge in [0.05, 0.1) is 6.04 Å². The van der Waals surface area contributed by atoms with Crippen molar-refractivity contribution in [3.8, 4) is 0 Å². The number of nitrogens with two attached hydrogens (primary N) is 1. The fraction of sp³-hybridized carbons (Fsp3) is 0.250. The van der Waals surface area contributed by atoms with Crippen molar-refractivity contribution in [3.05, 3.63) is 69.4 Å². The van der Waals surface area contributed by atoms with Gasteiger partial charge in [0.15, 0.2) is 0 Å². The summed E-state index contributed by atoms with van der Waals surface area (Å²) >= 11 is 3.39. The smallest absolute Gasteiger partial charge is 0.129 e. The Morgan fingerprint density at radius 2 is 1.90 bits per heavy atom. The average molecular weight is 337 g/mol. The van der Waals surface area contributed by atoms with Gasteiger partial charge in [0.1, 0.15) is 5.82 Å². The molecule has 0 aromatic heterocycles. The molecule has 0 spiro atoms. The molecule has 4 heteroatoms. The summed E-state index contributed by atoms with van der Waals surface area (Å²) in [6.07, 6.45) is 2.15. The molecule has 0 bridgehead atoms. The predicted octanol–water partition coefficient (Wildman–Crippen LogP) is 4.09. The van der Waals surface area contributed by atoms with Gasteiger partial charge in [-0.2, -0.15) is 0 Å². The van der Waals surface area contributed by atoms with E-state index in [0.717, 1.165) is 18.4 Å². The van der Waals surface area contributed by atoms with Crippen LogP contribution in [0.2, 0.25) is 0 Å². The molecule has 106 valence electrons. The zero-order valence-corrected chi connectivity index (χ0v) is 13.0. The highest BCUT2D eigenvalue weighted by Gasteiger charge is 2.19. The van der Waals surface area contributed by atoms with Crippen molar-refractivity contribution in [3.63, 3.8) is 0 Å². The Morgan fingerprint density at radius 3 is 2.45 bits per heavy atom. The van der Waals surface area contributed by atoms with Crippen LogP contribution in [0.1, 0.15) is 36.1 Å². The van der Waals surface area contributed by atoms with Gasteiger partial charge in [0, 0.05) is 10.0 Å². The molecule has 0 aliphatic heterocycles. The first-order valence-corrected chi connectivity index (χ1v) is 7.45. The van der Waals surface area contributed by atoms with Crippen molar-refractivity contribution >= 4 is 15.9 Å². The van der Waals surface area contributed by atoms with Crippen LogP contribution in [0.25, 0.3) is 0 Å². The molecule has 1 atom stereocenters. The molecule has 2 aromatic rings. The Labute approximate surface area is 127 Å². The summed E-state index contributed by atoms with van der Waals surface area (Å²) in [6.45, 7) is 2.15. The summed E-state index contributed by atoms with van der Waals surface area (Å²) < 4.78 is 14.8. The molecule has 0 aliphatic carbocycles. The van der Waals surface area contributed by atoms with Crippen LogP contribution in [0.3, 0.4) is 0 Å². The van der Waals surface area contributed by atoms with Gasteiger partial charge in [-0.25, -0.2) is 9.82 Å². The minimum atomic E-state index is -0.374. The molecule has 3 N–H and O–H groups in total. The molecule has 20 heavy (non-hydrogen) atoms. The largest absolute Gasteiger partial charge is 0.271 e. The molecule has 0 saturated heterocycles. The van der Waals surface area contributed by atoms with E-state index in [1.165, 1.54) is 11.6 Å². The van der Waals surface area contributed by atoms with E-state index in [-0.39, 0.29) is 11.9 Å². The van der Waals surface area contributed by atoms with Crippen LogP contribution in [0.15, 0.2) is 46.9 Å². The molecular weight excluding hydrogens is 319 g/mol. The third-order valence-corrected chi connectivity index (χ3v) is 4.00. The number of hydrazine groups is 1. The summed E-state index contributed by atoms with van der Waals surface area (Å²) in [6, 6.07) is 12.7. The lowest BCUT2D eigenvalue weighted by atomic mass is 9.97. The molecule has 2 rings (SSSR count). The summed E-state index contributed by atoms with van der Waals surface area (Å²) in [7, 11) is 0. The standard InChI is InChI=1S/C16H18BrFN2/c1-2-4-11-7-9-12(10-8-11)16(20-19)15-13(17)5-3-6-14(15)18/h3,5-10,16,20H,2,4,19H2,1H3. The van der Waals surface area contributed by atoms with Gasteiger partial charge in [-0.15, -0.1) is 0 Å². The predicted molar refractivity (Wildman–Crippen MR) is 83.7 cm³/mol. The van der Waals surface area contributed by atoms with E-state index in [9.17, 15) is 4.39 Å². The lowest BCUT2D eigenvalue weighted by Gasteiger charge is -2.19. The Kier molecular flexibility index (Phi) is 5.29. The summed E-state index contributed by atoms with van der Waals surface area (Å²) in [5, 5.41) is 0. The van der Waals surface area contributed by atoms with Gasteiger partial charge in [0.25, 0.3) is 0 Å². The van der Waals surface area contributed by atoms with E-state index in [2.05, 4.69) is 40.4 Å². The van der Waals surface area contributed by atoms with Gasteiger partial charge in [-0.3, -0.25) is 5.84 Å². The van der Waals surface area contributed by atoms with Crippen LogP contribution >= 0.6 is 15.9 Å². The highest BCUT2D eigenvalue weighted by molar-refractivity contribution is 9.10. The first-order chi connectivity index (χ1) is 9.67. The zero-order valence-electron chi connectivity index (χ0n) is 11.4. The van der Waals surface area contributed by atoms with Crippen molar-refractivity contribution in [2.24, 2.45) is 5.84 Å². The van der Waals surface area contributed by atoms with Gasteiger partial charge in [0.2, 0.25) is 0 Å². The number of halogens is 2. The molecule has 2 nitrogen and oxygen atoms in total. The number of hydrogen-bond acceptors (Lipinski definition) is 2. The van der Waals surface area contributed by atoms with Crippen LogP contribution < -0.4 is 11.3 Å². The number of hydrogen-bond donors (Lipinski definition) is 2. The Balaban J connectivity index is 2.37. The van der Waals surface area contributed by atoms with Crippen molar-refractivity contribution in [1.29, 1.82) is 0 Å². The number of rotatable bonds is 5. The second-order valence-corrected chi connectivity index (χ2v) is 5.58. The van der Waals surface area contributed by atoms with Gasteiger partial charge >= 0.3 is 0 Å². The fourth-order valence-electron chi connectivity index (χ4n) is 2.30. The summed E-state index contributed by atoms with van der Waals surface area (Å²) in [4.78, 5) is 0. The maximum atomic E-state index is 14.0. The number of nitrogens with one attached hydrogen (secondary N) is 1. The van der Waals surface area contributed by atoms with E-state index >= 15 is 0 Å². The van der Waals surface area contributed by atoms with Crippen LogP contribution in [-0.4, -0.2) is 0 Å². The topological polar surface area (TPSA) is 38.0 Å². The van der Waals surface area contributed by atoms with Gasteiger partial charge in [-0.1, -0.05) is 59.6 Å². The Bertz CT molecular complexity index is 549. The summed E-state index contributed by atoms with van der Waals surface area (Å²) in [5.41, 5.74) is 5.44. The van der Waals surface area contributed by atoms with Crippen molar-refractivity contribution < 1.29 is 4.39 Å². The van der Waals surface area contributed by atoms with Gasteiger partial charge < -0.3 is 0 Å². The third-order valence-electron chi connectivity index (χ3n) is 3.31. The number of aryl methyl sites for hydroxylation is 1. The lowest BCUT2D eigenvalue weighted by molar-refractivity contribution is 0.557.